The van der Waals surface area contributed by atoms with E-state index in [1.807, 2.05) is 0 Å². The first-order chi connectivity index (χ1) is 25.8. The summed E-state index contributed by atoms with van der Waals surface area (Å²) in [5.41, 5.74) is 7.25. The van der Waals surface area contributed by atoms with E-state index in [1.54, 1.807) is 12.4 Å². The summed E-state index contributed by atoms with van der Waals surface area (Å²) in [4.78, 5) is 9.32. The van der Waals surface area contributed by atoms with Crippen LogP contribution in [0, 0.1) is 0 Å². The third-order valence-corrected chi connectivity index (χ3v) is 15.5. The Morgan fingerprint density at radius 1 is 0.500 bits per heavy atom. The number of benzene rings is 7. The van der Waals surface area contributed by atoms with Gasteiger partial charge in [-0.25, -0.2) is 9.97 Å². The van der Waals surface area contributed by atoms with Gasteiger partial charge in [-0.05, 0) is 62.7 Å². The Balaban J connectivity index is 1.21. The minimum atomic E-state index is -2.77. The Kier molecular flexibility index (Phi) is 6.20. The molecule has 244 valence electrons. The zero-order valence-corrected chi connectivity index (χ0v) is 28.9. The van der Waals surface area contributed by atoms with Crippen molar-refractivity contribution >= 4 is 72.8 Å². The van der Waals surface area contributed by atoms with Gasteiger partial charge in [-0.15, -0.1) is 0 Å². The van der Waals surface area contributed by atoms with E-state index in [2.05, 4.69) is 173 Å². The normalized spacial score (nSPS) is 13.3. The van der Waals surface area contributed by atoms with Crippen LogP contribution in [0.25, 0.3) is 60.8 Å². The van der Waals surface area contributed by atoms with Crippen molar-refractivity contribution in [3.8, 4) is 28.3 Å². The molecule has 10 aromatic rings. The SMILES string of the molecule is c1ccc([Si]2(c3ccccc3)c3ccccc3Oc3cc(-c4cc(-n5c6ccccc6c6ccccc65)cc5c4oc4nccnc45)ccc32)cc1. The number of aromatic nitrogens is 3. The van der Waals surface area contributed by atoms with Gasteiger partial charge < -0.3 is 13.7 Å². The summed E-state index contributed by atoms with van der Waals surface area (Å²) in [6, 6.07) is 58.8. The first-order valence-corrected chi connectivity index (χ1v) is 19.5. The van der Waals surface area contributed by atoms with Crippen molar-refractivity contribution in [3.63, 3.8) is 0 Å². The van der Waals surface area contributed by atoms with Gasteiger partial charge in [0.25, 0.3) is 0 Å². The van der Waals surface area contributed by atoms with Crippen LogP contribution in [-0.4, -0.2) is 22.6 Å². The molecule has 0 bridgehead atoms. The van der Waals surface area contributed by atoms with Gasteiger partial charge in [-0.1, -0.05) is 127 Å². The number of nitrogens with zero attached hydrogens (tertiary/aromatic N) is 3. The number of hydrogen-bond donors (Lipinski definition) is 0. The Labute approximate surface area is 300 Å². The van der Waals surface area contributed by atoms with Crippen molar-refractivity contribution in [2.75, 3.05) is 0 Å². The van der Waals surface area contributed by atoms with Crippen molar-refractivity contribution in [2.24, 2.45) is 0 Å². The Bertz CT molecular complexity index is 2910. The second-order valence-corrected chi connectivity index (χ2v) is 17.1. The summed E-state index contributed by atoms with van der Waals surface area (Å²) in [6.45, 7) is 0. The molecular formula is C46H29N3O2Si. The number of fused-ring (bicyclic) bond motifs is 8. The summed E-state index contributed by atoms with van der Waals surface area (Å²) in [7, 11) is -2.77. The average Bonchev–Trinajstić information content (AvgIpc) is 3.76. The third-order valence-electron chi connectivity index (χ3n) is 10.7. The van der Waals surface area contributed by atoms with Crippen molar-refractivity contribution in [2.45, 2.75) is 0 Å². The summed E-state index contributed by atoms with van der Waals surface area (Å²) >= 11 is 0. The molecule has 0 fully saturated rings. The predicted molar refractivity (Wildman–Crippen MR) is 213 cm³/mol. The molecule has 0 N–H and O–H groups in total. The molecule has 0 atom stereocenters. The quantitative estimate of drug-likeness (QED) is 0.174. The number of rotatable bonds is 4. The fourth-order valence-electron chi connectivity index (χ4n) is 8.50. The zero-order chi connectivity index (χ0) is 34.2. The minimum Gasteiger partial charge on any atom is -0.458 e. The first kappa shape index (κ1) is 29.0. The van der Waals surface area contributed by atoms with Crippen molar-refractivity contribution in [1.82, 2.24) is 14.5 Å². The van der Waals surface area contributed by atoms with Gasteiger partial charge in [0.15, 0.2) is 8.07 Å². The van der Waals surface area contributed by atoms with Crippen LogP contribution in [0.5, 0.6) is 11.5 Å². The number of furan rings is 1. The minimum absolute atomic E-state index is 0.515. The van der Waals surface area contributed by atoms with Crippen molar-refractivity contribution in [3.05, 3.63) is 176 Å². The lowest BCUT2D eigenvalue weighted by Gasteiger charge is -2.39. The van der Waals surface area contributed by atoms with E-state index in [-0.39, 0.29) is 0 Å². The van der Waals surface area contributed by atoms with Crippen molar-refractivity contribution in [1.29, 1.82) is 0 Å². The second-order valence-electron chi connectivity index (χ2n) is 13.3. The highest BCUT2D eigenvalue weighted by atomic mass is 28.3. The largest absolute Gasteiger partial charge is 0.458 e. The van der Waals surface area contributed by atoms with Gasteiger partial charge >= 0.3 is 0 Å². The molecule has 0 saturated heterocycles. The fraction of sp³-hybridized carbons (Fsp3) is 0. The molecule has 4 heterocycles. The molecule has 11 rings (SSSR count). The molecule has 52 heavy (non-hydrogen) atoms. The van der Waals surface area contributed by atoms with E-state index in [0.29, 0.717) is 5.71 Å². The first-order valence-electron chi connectivity index (χ1n) is 17.5. The van der Waals surface area contributed by atoms with E-state index in [0.717, 1.165) is 55.8 Å². The summed E-state index contributed by atoms with van der Waals surface area (Å²) in [5.74, 6) is 1.76. The maximum absolute atomic E-state index is 6.90. The molecule has 0 aliphatic carbocycles. The van der Waals surface area contributed by atoms with Crippen LogP contribution in [-0.2, 0) is 0 Å². The molecule has 0 saturated carbocycles. The summed E-state index contributed by atoms with van der Waals surface area (Å²) in [6.07, 6.45) is 3.41. The Morgan fingerprint density at radius 3 is 1.85 bits per heavy atom. The number of hydrogen-bond acceptors (Lipinski definition) is 4. The molecule has 0 unspecified atom stereocenters. The fourth-order valence-corrected chi connectivity index (χ4v) is 13.4. The maximum Gasteiger partial charge on any atom is 0.246 e. The van der Waals surface area contributed by atoms with E-state index in [4.69, 9.17) is 14.1 Å². The average molecular weight is 684 g/mol. The molecule has 0 spiro atoms. The molecule has 7 aromatic carbocycles. The highest BCUT2D eigenvalue weighted by Crippen LogP contribution is 2.41. The standard InChI is InChI=1S/C46H29N3O2Si/c1-3-13-32(14-4-1)52(33-15-5-2-6-16-33)42-22-12-11-21-40(42)50-41-27-30(23-24-43(41)52)36-28-31(29-37-44-46(51-45(36)37)48-26-25-47-44)49-38-19-9-7-17-34(38)35-18-8-10-20-39(35)49/h1-29H. The van der Waals surface area contributed by atoms with Gasteiger partial charge in [-0.3, -0.25) is 0 Å². The molecular weight excluding hydrogens is 655 g/mol. The van der Waals surface area contributed by atoms with Gasteiger partial charge in [0.2, 0.25) is 5.71 Å². The second kappa shape index (κ2) is 11.1. The van der Waals surface area contributed by atoms with Crippen LogP contribution < -0.4 is 25.5 Å². The topological polar surface area (TPSA) is 53.1 Å². The Hall–Kier alpha value is -6.76. The van der Waals surface area contributed by atoms with Gasteiger partial charge in [0, 0.05) is 34.4 Å². The molecule has 0 radical (unpaired) electrons. The molecule has 3 aromatic heterocycles. The number of ether oxygens (including phenoxy) is 1. The lowest BCUT2D eigenvalue weighted by atomic mass is 10.0. The third kappa shape index (κ3) is 4.04. The molecule has 6 heteroatoms. The predicted octanol–water partition coefficient (Wildman–Crippen LogP) is 8.62. The van der Waals surface area contributed by atoms with Crippen LogP contribution in [0.4, 0.5) is 0 Å². The van der Waals surface area contributed by atoms with E-state index in [9.17, 15) is 0 Å². The van der Waals surface area contributed by atoms with Gasteiger partial charge in [-0.2, -0.15) is 0 Å². The molecule has 5 nitrogen and oxygen atoms in total. The van der Waals surface area contributed by atoms with Crippen LogP contribution in [0.15, 0.2) is 181 Å². The molecule has 1 aliphatic heterocycles. The van der Waals surface area contributed by atoms with Crippen LogP contribution in [0.2, 0.25) is 0 Å². The summed E-state index contributed by atoms with van der Waals surface area (Å²) in [5, 5.41) is 8.43. The Morgan fingerprint density at radius 2 is 1.12 bits per heavy atom. The highest BCUT2D eigenvalue weighted by molar-refractivity contribution is 7.20. The van der Waals surface area contributed by atoms with Gasteiger partial charge in [0.05, 0.1) is 16.4 Å². The summed E-state index contributed by atoms with van der Waals surface area (Å²) < 4.78 is 15.8. The van der Waals surface area contributed by atoms with Gasteiger partial charge in [0.1, 0.15) is 22.6 Å². The van der Waals surface area contributed by atoms with Crippen molar-refractivity contribution < 1.29 is 9.15 Å². The van der Waals surface area contributed by atoms with E-state index >= 15 is 0 Å². The zero-order valence-electron chi connectivity index (χ0n) is 27.9. The molecule has 1 aliphatic rings. The van der Waals surface area contributed by atoms with Crippen LogP contribution in [0.3, 0.4) is 0 Å². The monoisotopic (exact) mass is 683 g/mol. The smallest absolute Gasteiger partial charge is 0.246 e. The van der Waals surface area contributed by atoms with E-state index < -0.39 is 8.07 Å². The highest BCUT2D eigenvalue weighted by Gasteiger charge is 2.47. The molecule has 0 amide bonds. The van der Waals surface area contributed by atoms with Crippen LogP contribution in [0.1, 0.15) is 0 Å². The number of para-hydroxylation sites is 3. The maximum atomic E-state index is 6.90. The lowest BCUT2D eigenvalue weighted by Crippen LogP contribution is -2.76. The van der Waals surface area contributed by atoms with E-state index in [1.165, 1.54) is 31.5 Å². The van der Waals surface area contributed by atoms with Crippen LogP contribution >= 0.6 is 0 Å². The lowest BCUT2D eigenvalue weighted by molar-refractivity contribution is 0.487.